The molecule has 0 amide bonds. The average molecular weight is 335 g/mol. The molecule has 0 radical (unpaired) electrons. The Bertz CT molecular complexity index is 789. The largest absolute Gasteiger partial charge is 0.399 e. The predicted octanol–water partition coefficient (Wildman–Crippen LogP) is 1.55. The average Bonchev–Trinajstić information content (AvgIpc) is 3.01. The molecular weight excluding hydrogens is 322 g/mol. The monoisotopic (exact) mass is 335 g/mol. The molecule has 2 N–H and O–H groups in total. The van der Waals surface area contributed by atoms with Crippen LogP contribution in [0.1, 0.15) is 5.01 Å². The van der Waals surface area contributed by atoms with E-state index in [0.29, 0.717) is 10.7 Å². The third kappa shape index (κ3) is 4.07. The van der Waals surface area contributed by atoms with Gasteiger partial charge in [-0.1, -0.05) is 11.1 Å². The minimum absolute atomic E-state index is 0.0448. The molecule has 1 heterocycles. The lowest BCUT2D eigenvalue weighted by Gasteiger charge is -2.06. The number of benzene rings is 1. The maximum Gasteiger partial charge on any atom is 0.184 e. The number of oxime groups is 1. The van der Waals surface area contributed by atoms with Crippen molar-refractivity contribution in [3.8, 4) is 12.3 Å². The van der Waals surface area contributed by atoms with Crippen molar-refractivity contribution in [2.45, 2.75) is 4.90 Å². The van der Waals surface area contributed by atoms with Crippen LogP contribution in [0.25, 0.3) is 0 Å². The Balaban J connectivity index is 2.28. The lowest BCUT2D eigenvalue weighted by molar-refractivity contribution is 0.180. The van der Waals surface area contributed by atoms with Crippen molar-refractivity contribution in [3.05, 3.63) is 40.8 Å². The molecule has 0 bridgehead atoms. The maximum atomic E-state index is 12.4. The summed E-state index contributed by atoms with van der Waals surface area (Å²) < 4.78 is 24.9. The molecule has 114 valence electrons. The normalized spacial score (nSPS) is 11.9. The second-order valence-corrected chi connectivity index (χ2v) is 7.07. The van der Waals surface area contributed by atoms with Gasteiger partial charge in [0, 0.05) is 17.3 Å². The number of terminal acetylenes is 1. The molecule has 0 spiro atoms. The quantitative estimate of drug-likeness (QED) is 0.284. The number of nitrogens with two attached hydrogens (primary N) is 1. The Morgan fingerprint density at radius 3 is 2.73 bits per heavy atom. The van der Waals surface area contributed by atoms with Gasteiger partial charge in [-0.2, -0.15) is 0 Å². The summed E-state index contributed by atoms with van der Waals surface area (Å²) in [5, 5.41) is 6.00. The highest BCUT2D eigenvalue weighted by Crippen LogP contribution is 2.16. The summed E-state index contributed by atoms with van der Waals surface area (Å²) in [6.45, 7) is -0.0448. The lowest BCUT2D eigenvalue weighted by Crippen LogP contribution is -2.18. The van der Waals surface area contributed by atoms with Gasteiger partial charge >= 0.3 is 0 Å². The zero-order chi connectivity index (χ0) is 16.0. The Morgan fingerprint density at radius 2 is 2.14 bits per heavy atom. The number of nitrogens with zero attached hydrogens (tertiary/aromatic N) is 2. The van der Waals surface area contributed by atoms with Crippen molar-refractivity contribution in [1.82, 2.24) is 4.98 Å². The molecular formula is C14H13N3O3S2. The summed E-state index contributed by atoms with van der Waals surface area (Å²) in [5.41, 5.74) is 6.26. The first-order chi connectivity index (χ1) is 10.5. The molecule has 0 fully saturated rings. The van der Waals surface area contributed by atoms with Crippen molar-refractivity contribution in [1.29, 1.82) is 0 Å². The standard InChI is InChI=1S/C14H13N3O3S2/c1-2-8-20-17-13(14-16-7-9-21-14)10-22(18,19)12-5-3-11(15)4-6-12/h1,3-7,9H,8,10,15H2/b17-13-. The van der Waals surface area contributed by atoms with Gasteiger partial charge in [-0.05, 0) is 24.3 Å². The summed E-state index contributed by atoms with van der Waals surface area (Å²) in [5.74, 6) is 1.92. The van der Waals surface area contributed by atoms with Gasteiger partial charge in [0.2, 0.25) is 0 Å². The smallest absolute Gasteiger partial charge is 0.184 e. The van der Waals surface area contributed by atoms with Crippen LogP contribution in [0.4, 0.5) is 5.69 Å². The van der Waals surface area contributed by atoms with E-state index < -0.39 is 9.84 Å². The molecule has 2 aromatic rings. The lowest BCUT2D eigenvalue weighted by atomic mass is 10.3. The van der Waals surface area contributed by atoms with Crippen LogP contribution < -0.4 is 5.73 Å². The number of hydrogen-bond donors (Lipinski definition) is 1. The fourth-order valence-electron chi connectivity index (χ4n) is 1.58. The number of rotatable bonds is 6. The van der Waals surface area contributed by atoms with Crippen molar-refractivity contribution < 1.29 is 13.3 Å². The first kappa shape index (κ1) is 16.0. The van der Waals surface area contributed by atoms with Crippen molar-refractivity contribution in [2.75, 3.05) is 18.1 Å². The van der Waals surface area contributed by atoms with Gasteiger partial charge in [-0.3, -0.25) is 0 Å². The summed E-state index contributed by atoms with van der Waals surface area (Å²) in [7, 11) is -3.59. The molecule has 1 aromatic heterocycles. The predicted molar refractivity (Wildman–Crippen MR) is 86.3 cm³/mol. The van der Waals surface area contributed by atoms with Crippen LogP contribution in [-0.2, 0) is 14.7 Å². The number of sulfone groups is 1. The minimum Gasteiger partial charge on any atom is -0.399 e. The zero-order valence-corrected chi connectivity index (χ0v) is 13.1. The van der Waals surface area contributed by atoms with E-state index in [-0.39, 0.29) is 23.0 Å². The van der Waals surface area contributed by atoms with Crippen molar-refractivity contribution in [2.24, 2.45) is 5.16 Å². The van der Waals surface area contributed by atoms with Gasteiger partial charge < -0.3 is 10.6 Å². The zero-order valence-electron chi connectivity index (χ0n) is 11.5. The van der Waals surface area contributed by atoms with Crippen molar-refractivity contribution in [3.63, 3.8) is 0 Å². The minimum atomic E-state index is -3.59. The number of nitrogen functional groups attached to an aromatic ring is 1. The number of hydrogen-bond acceptors (Lipinski definition) is 7. The fourth-order valence-corrected chi connectivity index (χ4v) is 3.56. The maximum absolute atomic E-state index is 12.4. The van der Waals surface area contributed by atoms with Crippen LogP contribution in [-0.4, -0.2) is 31.5 Å². The van der Waals surface area contributed by atoms with Gasteiger partial charge in [0.1, 0.15) is 16.5 Å². The van der Waals surface area contributed by atoms with Crippen LogP contribution in [0.5, 0.6) is 0 Å². The number of thiazole rings is 1. The molecule has 0 atom stereocenters. The Hall–Kier alpha value is -2.37. The molecule has 22 heavy (non-hydrogen) atoms. The highest BCUT2D eigenvalue weighted by molar-refractivity contribution is 7.92. The Morgan fingerprint density at radius 1 is 1.41 bits per heavy atom. The fraction of sp³-hybridized carbons (Fsp3) is 0.143. The topological polar surface area (TPSA) is 94.6 Å². The molecule has 1 aromatic carbocycles. The molecule has 0 unspecified atom stereocenters. The van der Waals surface area contributed by atoms with Crippen LogP contribution in [0.3, 0.4) is 0 Å². The van der Waals surface area contributed by atoms with Crippen molar-refractivity contribution >= 4 is 32.6 Å². The molecule has 0 aliphatic carbocycles. The SMILES string of the molecule is C#CCO/N=C(/CS(=O)(=O)c1ccc(N)cc1)c1nccs1. The van der Waals surface area contributed by atoms with Gasteiger partial charge in [0.25, 0.3) is 0 Å². The Labute approximate surface area is 132 Å². The van der Waals surface area contributed by atoms with Crippen LogP contribution in [0.2, 0.25) is 0 Å². The first-order valence-corrected chi connectivity index (χ1v) is 8.66. The molecule has 0 saturated carbocycles. The van der Waals surface area contributed by atoms with Crippen LogP contribution in [0.15, 0.2) is 45.9 Å². The highest BCUT2D eigenvalue weighted by Gasteiger charge is 2.21. The third-order valence-electron chi connectivity index (χ3n) is 2.57. The summed E-state index contributed by atoms with van der Waals surface area (Å²) >= 11 is 1.27. The van der Waals surface area contributed by atoms with Gasteiger partial charge in [-0.25, -0.2) is 13.4 Å². The summed E-state index contributed by atoms with van der Waals surface area (Å²) in [6.07, 6.45) is 6.64. The van der Waals surface area contributed by atoms with Crippen LogP contribution >= 0.6 is 11.3 Å². The molecule has 0 aliphatic heterocycles. The second-order valence-electron chi connectivity index (χ2n) is 4.18. The highest BCUT2D eigenvalue weighted by atomic mass is 32.2. The number of aromatic nitrogens is 1. The molecule has 0 saturated heterocycles. The van der Waals surface area contributed by atoms with E-state index in [1.54, 1.807) is 11.6 Å². The first-order valence-electron chi connectivity index (χ1n) is 6.13. The van der Waals surface area contributed by atoms with E-state index in [1.165, 1.54) is 35.6 Å². The molecule has 2 rings (SSSR count). The van der Waals surface area contributed by atoms with Gasteiger partial charge in [-0.15, -0.1) is 17.8 Å². The van der Waals surface area contributed by atoms with Gasteiger partial charge in [0.15, 0.2) is 16.4 Å². The van der Waals surface area contributed by atoms with E-state index in [9.17, 15) is 8.42 Å². The van der Waals surface area contributed by atoms with E-state index in [0.717, 1.165) is 0 Å². The van der Waals surface area contributed by atoms with E-state index in [4.69, 9.17) is 17.0 Å². The molecule has 6 nitrogen and oxygen atoms in total. The summed E-state index contributed by atoms with van der Waals surface area (Å²) in [4.78, 5) is 9.12. The van der Waals surface area contributed by atoms with E-state index in [2.05, 4.69) is 16.1 Å². The molecule has 8 heteroatoms. The van der Waals surface area contributed by atoms with E-state index in [1.807, 2.05) is 0 Å². The van der Waals surface area contributed by atoms with Crippen LogP contribution in [0, 0.1) is 12.3 Å². The molecule has 0 aliphatic rings. The number of anilines is 1. The third-order valence-corrected chi connectivity index (χ3v) is 5.03. The van der Waals surface area contributed by atoms with Gasteiger partial charge in [0.05, 0.1) is 4.90 Å². The Kier molecular flexibility index (Phi) is 5.14. The second kappa shape index (κ2) is 7.06. The van der Waals surface area contributed by atoms with E-state index >= 15 is 0 Å². The summed E-state index contributed by atoms with van der Waals surface area (Å²) in [6, 6.07) is 5.96.